The number of benzene rings is 3. The number of anilines is 1. The van der Waals surface area contributed by atoms with Gasteiger partial charge in [0.1, 0.15) is 24.3 Å². The maximum Gasteiger partial charge on any atom is 0.242 e. The fourth-order valence-electron chi connectivity index (χ4n) is 4.96. The van der Waals surface area contributed by atoms with Gasteiger partial charge in [-0.15, -0.1) is 0 Å². The topological polar surface area (TPSA) is 145 Å². The maximum absolute atomic E-state index is 13.6. The molecule has 226 valence electrons. The van der Waals surface area contributed by atoms with Gasteiger partial charge in [-0.3, -0.25) is 24.1 Å². The number of primary amides is 1. The number of amides is 4. The van der Waals surface area contributed by atoms with E-state index >= 15 is 0 Å². The molecule has 4 amide bonds. The lowest BCUT2D eigenvalue weighted by Crippen LogP contribution is -2.62. The zero-order valence-corrected chi connectivity index (χ0v) is 25.2. The van der Waals surface area contributed by atoms with E-state index in [2.05, 4.69) is 15.5 Å². The first-order valence-corrected chi connectivity index (χ1v) is 14.4. The number of hydrogen-bond donors (Lipinski definition) is 4. The molecule has 2 unspecified atom stereocenters. The lowest BCUT2D eigenvalue weighted by Gasteiger charge is -2.49. The molecule has 43 heavy (non-hydrogen) atoms. The number of phenolic OH excluding ortho intramolecular Hbond substituents is 1. The maximum atomic E-state index is 13.6. The molecule has 0 aromatic heterocycles. The molecule has 10 nitrogen and oxygen atoms in total. The van der Waals surface area contributed by atoms with Crippen LogP contribution in [0, 0.1) is 0 Å². The molecular weight excluding hydrogens is 593 g/mol. The summed E-state index contributed by atoms with van der Waals surface area (Å²) >= 11 is 12.3. The Morgan fingerprint density at radius 3 is 1.98 bits per heavy atom. The van der Waals surface area contributed by atoms with E-state index in [4.69, 9.17) is 28.9 Å². The average molecular weight is 627 g/mol. The molecule has 0 radical (unpaired) electrons. The molecule has 1 fully saturated rings. The second kappa shape index (κ2) is 13.9. The number of likely N-dealkylation sites (tertiary alicyclic amines) is 1. The van der Waals surface area contributed by atoms with E-state index < -0.39 is 42.1 Å². The first-order valence-electron chi connectivity index (χ1n) is 13.7. The Morgan fingerprint density at radius 2 is 1.47 bits per heavy atom. The number of nitrogens with two attached hydrogens (primary N) is 1. The van der Waals surface area contributed by atoms with Gasteiger partial charge >= 0.3 is 0 Å². The molecule has 3 aromatic carbocycles. The van der Waals surface area contributed by atoms with Crippen molar-refractivity contribution >= 4 is 52.5 Å². The van der Waals surface area contributed by atoms with Crippen LogP contribution in [0.4, 0.5) is 5.69 Å². The van der Waals surface area contributed by atoms with Crippen LogP contribution in [0.15, 0.2) is 72.8 Å². The predicted molar refractivity (Wildman–Crippen MR) is 165 cm³/mol. The molecule has 12 heteroatoms. The summed E-state index contributed by atoms with van der Waals surface area (Å²) in [5.41, 5.74) is 7.65. The van der Waals surface area contributed by atoms with Gasteiger partial charge in [-0.2, -0.15) is 0 Å². The molecule has 0 aliphatic carbocycles. The van der Waals surface area contributed by atoms with Crippen molar-refractivity contribution in [1.82, 2.24) is 15.5 Å². The van der Waals surface area contributed by atoms with Crippen molar-refractivity contribution in [2.45, 2.75) is 44.4 Å². The highest BCUT2D eigenvalue weighted by atomic mass is 35.5. The molecule has 1 aliphatic heterocycles. The summed E-state index contributed by atoms with van der Waals surface area (Å²) < 4.78 is 0. The number of carbonyl (C=O) groups is 4. The molecule has 1 saturated heterocycles. The lowest BCUT2D eigenvalue weighted by molar-refractivity contribution is -0.133. The van der Waals surface area contributed by atoms with Gasteiger partial charge in [0.15, 0.2) is 0 Å². The van der Waals surface area contributed by atoms with Crippen molar-refractivity contribution < 1.29 is 24.3 Å². The Kier molecular flexibility index (Phi) is 10.3. The van der Waals surface area contributed by atoms with Crippen molar-refractivity contribution in [2.75, 3.05) is 18.0 Å². The van der Waals surface area contributed by atoms with E-state index in [9.17, 15) is 24.3 Å². The van der Waals surface area contributed by atoms with Crippen LogP contribution in [-0.2, 0) is 19.2 Å². The van der Waals surface area contributed by atoms with Crippen molar-refractivity contribution in [2.24, 2.45) is 5.73 Å². The van der Waals surface area contributed by atoms with Crippen LogP contribution >= 0.6 is 23.2 Å². The molecule has 0 bridgehead atoms. The summed E-state index contributed by atoms with van der Waals surface area (Å²) in [5, 5.41) is 16.3. The predicted octanol–water partition coefficient (Wildman–Crippen LogP) is 3.39. The normalized spacial score (nSPS) is 14.8. The molecule has 4 rings (SSSR count). The SMILES string of the molecule is CC(NC(=O)C(C)NC(=O)CC(=O)N(c1cccc(O)c1)C1CN(C(c2ccc(Cl)cc2)c2ccc(Cl)cc2)C1)C(N)=O. The van der Waals surface area contributed by atoms with Gasteiger partial charge in [0.25, 0.3) is 0 Å². The molecule has 1 aliphatic rings. The summed E-state index contributed by atoms with van der Waals surface area (Å²) in [6, 6.07) is 19.0. The minimum absolute atomic E-state index is 0.0231. The van der Waals surface area contributed by atoms with E-state index in [1.54, 1.807) is 12.1 Å². The van der Waals surface area contributed by atoms with Crippen LogP contribution < -0.4 is 21.3 Å². The van der Waals surface area contributed by atoms with Gasteiger partial charge in [0.2, 0.25) is 23.6 Å². The third-order valence-corrected chi connectivity index (χ3v) is 7.74. The Labute approximate surface area is 259 Å². The molecule has 5 N–H and O–H groups in total. The summed E-state index contributed by atoms with van der Waals surface area (Å²) in [4.78, 5) is 53.7. The standard InChI is InChI=1S/C31H33Cl2N5O5/c1-18(30(34)42)36-31(43)19(2)35-27(40)15-28(41)38(24-4-3-5-26(39)14-24)25-16-37(17-25)29(20-6-10-22(32)11-7-20)21-8-12-23(33)13-9-21/h3-14,18-19,25,29,39H,15-17H2,1-2H3,(H2,34,42)(H,35,40)(H,36,43). The smallest absolute Gasteiger partial charge is 0.242 e. The van der Waals surface area contributed by atoms with E-state index in [1.807, 2.05) is 48.5 Å². The van der Waals surface area contributed by atoms with Gasteiger partial charge in [-0.25, -0.2) is 0 Å². The number of nitrogens with one attached hydrogen (secondary N) is 2. The minimum Gasteiger partial charge on any atom is -0.508 e. The molecule has 3 aromatic rings. The number of nitrogens with zero attached hydrogens (tertiary/aromatic N) is 2. The van der Waals surface area contributed by atoms with Crippen LogP contribution in [0.2, 0.25) is 10.0 Å². The van der Waals surface area contributed by atoms with Crippen molar-refractivity contribution in [3.63, 3.8) is 0 Å². The van der Waals surface area contributed by atoms with E-state index in [-0.39, 0.29) is 17.8 Å². The summed E-state index contributed by atoms with van der Waals surface area (Å²) in [6.07, 6.45) is -0.535. The fraction of sp³-hybridized carbons (Fsp3) is 0.290. The van der Waals surface area contributed by atoms with Gasteiger partial charge in [-0.05, 0) is 61.4 Å². The van der Waals surface area contributed by atoms with E-state index in [0.29, 0.717) is 28.8 Å². The van der Waals surface area contributed by atoms with Crippen LogP contribution in [0.3, 0.4) is 0 Å². The molecule has 2 atom stereocenters. The van der Waals surface area contributed by atoms with Crippen molar-refractivity contribution in [1.29, 1.82) is 0 Å². The highest BCUT2D eigenvalue weighted by Gasteiger charge is 2.40. The monoisotopic (exact) mass is 625 g/mol. The Hall–Kier alpha value is -4.12. The van der Waals surface area contributed by atoms with Crippen molar-refractivity contribution in [3.8, 4) is 5.75 Å². The number of phenols is 1. The molecule has 0 spiro atoms. The van der Waals surface area contributed by atoms with Gasteiger partial charge in [0.05, 0.1) is 12.1 Å². The number of halogens is 2. The van der Waals surface area contributed by atoms with E-state index in [0.717, 1.165) is 11.1 Å². The highest BCUT2D eigenvalue weighted by molar-refractivity contribution is 6.30. The van der Waals surface area contributed by atoms with Crippen LogP contribution in [0.1, 0.15) is 37.4 Å². The first-order chi connectivity index (χ1) is 20.4. The van der Waals surface area contributed by atoms with Crippen molar-refractivity contribution in [3.05, 3.63) is 94.0 Å². The number of rotatable bonds is 11. The third kappa shape index (κ3) is 8.04. The van der Waals surface area contributed by atoms with Gasteiger partial charge in [0, 0.05) is 34.9 Å². The number of carbonyl (C=O) groups excluding carboxylic acids is 4. The fourth-order valence-corrected chi connectivity index (χ4v) is 5.21. The zero-order chi connectivity index (χ0) is 31.3. The summed E-state index contributed by atoms with van der Waals surface area (Å²) in [6.45, 7) is 3.82. The van der Waals surface area contributed by atoms with Crippen LogP contribution in [-0.4, -0.2) is 64.9 Å². The van der Waals surface area contributed by atoms with E-state index in [1.165, 1.54) is 30.9 Å². The largest absolute Gasteiger partial charge is 0.508 e. The summed E-state index contributed by atoms with van der Waals surface area (Å²) in [7, 11) is 0. The molecular formula is C31H33Cl2N5O5. The summed E-state index contributed by atoms with van der Waals surface area (Å²) in [5.74, 6) is -2.51. The first kappa shape index (κ1) is 31.8. The Bertz CT molecular complexity index is 1430. The van der Waals surface area contributed by atoms with Gasteiger partial charge in [-0.1, -0.05) is 53.5 Å². The minimum atomic E-state index is -1.00. The third-order valence-electron chi connectivity index (χ3n) is 7.24. The van der Waals surface area contributed by atoms with Crippen LogP contribution in [0.5, 0.6) is 5.75 Å². The second-order valence-electron chi connectivity index (χ2n) is 10.5. The molecule has 1 heterocycles. The number of aromatic hydroxyl groups is 1. The Balaban J connectivity index is 1.51. The quantitative estimate of drug-likeness (QED) is 0.240. The molecule has 0 saturated carbocycles. The highest BCUT2D eigenvalue weighted by Crippen LogP contribution is 2.36. The lowest BCUT2D eigenvalue weighted by atomic mass is 9.92. The van der Waals surface area contributed by atoms with Crippen LogP contribution in [0.25, 0.3) is 0 Å². The van der Waals surface area contributed by atoms with Gasteiger partial charge < -0.3 is 26.4 Å². The Morgan fingerprint density at radius 1 is 0.907 bits per heavy atom. The second-order valence-corrected chi connectivity index (χ2v) is 11.4. The number of hydrogen-bond acceptors (Lipinski definition) is 6. The average Bonchev–Trinajstić information content (AvgIpc) is 2.93. The zero-order valence-electron chi connectivity index (χ0n) is 23.7.